The Morgan fingerprint density at radius 1 is 1.18 bits per heavy atom. The molecule has 13 heteroatoms. The van der Waals surface area contributed by atoms with Gasteiger partial charge in [-0.25, -0.2) is 10.1 Å². The normalized spacial score (nSPS) is 11.3. The summed E-state index contributed by atoms with van der Waals surface area (Å²) in [7, 11) is 0. The van der Waals surface area contributed by atoms with Crippen LogP contribution in [0.2, 0.25) is 0 Å². The molecule has 0 unspecified atom stereocenters. The fraction of sp³-hybridized carbons (Fsp3) is 0.154. The quantitative estimate of drug-likeness (QED) is 0.190. The lowest BCUT2D eigenvalue weighted by Gasteiger charge is -2.15. The van der Waals surface area contributed by atoms with Crippen molar-refractivity contribution in [2.24, 2.45) is 5.10 Å². The number of carbonyl (C=O) groups excluding carboxylic acids is 1. The van der Waals surface area contributed by atoms with Crippen LogP contribution < -0.4 is 20.6 Å². The highest BCUT2D eigenvalue weighted by molar-refractivity contribution is 9.10. The Bertz CT molecular complexity index is 1670. The minimum atomic E-state index is -0.574. The van der Waals surface area contributed by atoms with E-state index >= 15 is 0 Å². The van der Waals surface area contributed by atoms with Gasteiger partial charge in [0.05, 0.1) is 23.0 Å². The largest absolute Gasteiger partial charge is 0.490 e. The van der Waals surface area contributed by atoms with E-state index in [1.165, 1.54) is 6.21 Å². The maximum absolute atomic E-state index is 12.8. The lowest BCUT2D eigenvalue weighted by atomic mass is 10.1. The van der Waals surface area contributed by atoms with E-state index in [-0.39, 0.29) is 17.3 Å². The lowest BCUT2D eigenvalue weighted by molar-refractivity contribution is 0.0946. The second kappa shape index (κ2) is 11.3. The van der Waals surface area contributed by atoms with E-state index in [0.717, 1.165) is 21.0 Å². The Hall–Kier alpha value is -4.78. The number of fused-ring (bicyclic) bond motifs is 1. The fourth-order valence-electron chi connectivity index (χ4n) is 3.96. The van der Waals surface area contributed by atoms with Gasteiger partial charge in [0, 0.05) is 0 Å². The van der Waals surface area contributed by atoms with Crippen LogP contribution in [-0.4, -0.2) is 44.0 Å². The number of nitrogen functional groups attached to an aromatic ring is 1. The summed E-state index contributed by atoms with van der Waals surface area (Å²) in [5.41, 5.74) is 10.3. The zero-order chi connectivity index (χ0) is 27.4. The van der Waals surface area contributed by atoms with Crippen molar-refractivity contribution in [3.63, 3.8) is 0 Å². The molecule has 3 aromatic carbocycles. The number of hydrazone groups is 1. The zero-order valence-electron chi connectivity index (χ0n) is 21.0. The molecule has 12 nitrogen and oxygen atoms in total. The number of benzene rings is 3. The number of ether oxygens (including phenoxy) is 2. The van der Waals surface area contributed by atoms with Gasteiger partial charge in [0.2, 0.25) is 11.6 Å². The maximum atomic E-state index is 12.8. The Morgan fingerprint density at radius 2 is 2.00 bits per heavy atom. The van der Waals surface area contributed by atoms with Crippen molar-refractivity contribution >= 4 is 44.6 Å². The molecule has 39 heavy (non-hydrogen) atoms. The molecule has 0 aliphatic rings. The van der Waals surface area contributed by atoms with Crippen molar-refractivity contribution in [1.29, 1.82) is 0 Å². The second-order valence-corrected chi connectivity index (χ2v) is 9.15. The van der Waals surface area contributed by atoms with Gasteiger partial charge in [-0.2, -0.15) is 9.78 Å². The third-order valence-corrected chi connectivity index (χ3v) is 6.30. The van der Waals surface area contributed by atoms with Crippen LogP contribution in [0.1, 0.15) is 34.2 Å². The monoisotopic (exact) mass is 590 g/mol. The van der Waals surface area contributed by atoms with Crippen LogP contribution in [0.25, 0.3) is 16.6 Å². The number of nitrogens with zero attached hydrogens (tertiary/aromatic N) is 6. The first kappa shape index (κ1) is 25.9. The van der Waals surface area contributed by atoms with E-state index in [9.17, 15) is 4.79 Å². The van der Waals surface area contributed by atoms with Crippen molar-refractivity contribution in [3.05, 3.63) is 81.6 Å². The molecule has 3 N–H and O–H groups in total. The predicted molar refractivity (Wildman–Crippen MR) is 147 cm³/mol. The molecule has 5 rings (SSSR count). The topological polar surface area (TPSA) is 156 Å². The minimum absolute atomic E-state index is 0.0338. The number of anilines is 1. The molecular weight excluding hydrogens is 568 g/mol. The van der Waals surface area contributed by atoms with E-state index in [4.69, 9.17) is 15.2 Å². The Labute approximate surface area is 230 Å². The molecular formula is C26H23BrN8O4. The van der Waals surface area contributed by atoms with E-state index in [0.29, 0.717) is 40.4 Å². The number of rotatable bonds is 9. The van der Waals surface area contributed by atoms with Gasteiger partial charge in [-0.3, -0.25) is 4.79 Å². The fourth-order valence-corrected chi connectivity index (χ4v) is 4.53. The Balaban J connectivity index is 1.33. The number of carbonyl (C=O) groups is 1. The molecule has 0 saturated heterocycles. The molecule has 198 valence electrons. The third kappa shape index (κ3) is 5.43. The van der Waals surface area contributed by atoms with Crippen LogP contribution in [0, 0.1) is 6.92 Å². The summed E-state index contributed by atoms with van der Waals surface area (Å²) in [6.07, 6.45) is 1.48. The van der Waals surface area contributed by atoms with Gasteiger partial charge in [0.1, 0.15) is 6.61 Å². The van der Waals surface area contributed by atoms with Gasteiger partial charge in [-0.05, 0) is 74.1 Å². The van der Waals surface area contributed by atoms with Gasteiger partial charge < -0.3 is 15.2 Å². The number of nitrogens with two attached hydrogens (primary N) is 1. The number of halogens is 1. The van der Waals surface area contributed by atoms with Crippen LogP contribution in [0.3, 0.4) is 0 Å². The smallest absolute Gasteiger partial charge is 0.292 e. The minimum Gasteiger partial charge on any atom is -0.490 e. The molecule has 0 aliphatic carbocycles. The molecule has 1 amide bonds. The lowest BCUT2D eigenvalue weighted by Crippen LogP contribution is -2.22. The van der Waals surface area contributed by atoms with Crippen molar-refractivity contribution in [2.45, 2.75) is 20.5 Å². The van der Waals surface area contributed by atoms with Crippen LogP contribution in [0.5, 0.6) is 11.5 Å². The van der Waals surface area contributed by atoms with Crippen molar-refractivity contribution in [2.75, 3.05) is 12.3 Å². The van der Waals surface area contributed by atoms with E-state index in [2.05, 4.69) is 69.9 Å². The van der Waals surface area contributed by atoms with Crippen LogP contribution in [0.4, 0.5) is 5.82 Å². The molecule has 0 fully saturated rings. The second-order valence-electron chi connectivity index (χ2n) is 8.30. The summed E-state index contributed by atoms with van der Waals surface area (Å²) >= 11 is 3.58. The molecule has 2 heterocycles. The Morgan fingerprint density at radius 3 is 2.79 bits per heavy atom. The Kier molecular flexibility index (Phi) is 7.50. The van der Waals surface area contributed by atoms with Gasteiger partial charge in [-0.15, -0.1) is 5.10 Å². The first-order valence-electron chi connectivity index (χ1n) is 11.9. The number of aryl methyl sites for hydroxylation is 1. The molecule has 2 aromatic heterocycles. The molecule has 5 aromatic rings. The number of nitrogens with one attached hydrogen (secondary N) is 1. The average molecular weight is 591 g/mol. The van der Waals surface area contributed by atoms with Crippen molar-refractivity contribution in [3.8, 4) is 17.3 Å². The standard InChI is InChI=1S/C26H23BrN8O4/c1-3-37-21-12-16(11-20(27)23(21)38-14-18-9-6-8-17-7-4-5-10-19(17)18)13-29-31-26(36)22-15(2)30-34-35(22)25-24(28)32-39-33-25/h4-13H,3,14H2,1-2H3,(H2,28,32)(H,31,36). The molecule has 0 bridgehead atoms. The average Bonchev–Trinajstić information content (AvgIpc) is 3.53. The van der Waals surface area contributed by atoms with Crippen LogP contribution in [0.15, 0.2) is 68.8 Å². The third-order valence-electron chi connectivity index (χ3n) is 5.71. The highest BCUT2D eigenvalue weighted by Crippen LogP contribution is 2.37. The van der Waals surface area contributed by atoms with E-state index in [1.54, 1.807) is 13.0 Å². The predicted octanol–water partition coefficient (Wildman–Crippen LogP) is 4.20. The highest BCUT2D eigenvalue weighted by Gasteiger charge is 2.23. The first-order chi connectivity index (χ1) is 19.0. The van der Waals surface area contributed by atoms with Gasteiger partial charge in [-0.1, -0.05) is 47.7 Å². The van der Waals surface area contributed by atoms with E-state index < -0.39 is 5.91 Å². The molecule has 0 atom stereocenters. The van der Waals surface area contributed by atoms with Crippen LogP contribution in [-0.2, 0) is 6.61 Å². The summed E-state index contributed by atoms with van der Waals surface area (Å²) in [4.78, 5) is 12.8. The summed E-state index contributed by atoms with van der Waals surface area (Å²) in [5, 5.41) is 21.3. The van der Waals surface area contributed by atoms with Crippen LogP contribution >= 0.6 is 15.9 Å². The molecule has 0 aliphatic heterocycles. The van der Waals surface area contributed by atoms with Gasteiger partial charge in [0.15, 0.2) is 17.2 Å². The summed E-state index contributed by atoms with van der Waals surface area (Å²) in [5.74, 6) is 0.542. The maximum Gasteiger partial charge on any atom is 0.292 e. The summed E-state index contributed by atoms with van der Waals surface area (Å²) in [6.45, 7) is 4.30. The number of hydrogen-bond donors (Lipinski definition) is 2. The molecule has 0 spiro atoms. The first-order valence-corrected chi connectivity index (χ1v) is 12.7. The summed E-state index contributed by atoms with van der Waals surface area (Å²) in [6, 6.07) is 17.9. The molecule has 0 saturated carbocycles. The molecule has 0 radical (unpaired) electrons. The van der Waals surface area contributed by atoms with Crippen molar-refractivity contribution < 1.29 is 18.9 Å². The SMILES string of the molecule is CCOc1cc(C=NNC(=O)c2c(C)nnn2-c2nonc2N)cc(Br)c1OCc1cccc2ccccc12. The van der Waals surface area contributed by atoms with Gasteiger partial charge >= 0.3 is 0 Å². The highest BCUT2D eigenvalue weighted by atomic mass is 79.9. The van der Waals surface area contributed by atoms with E-state index in [1.807, 2.05) is 37.3 Å². The number of hydrogen-bond acceptors (Lipinski definition) is 10. The van der Waals surface area contributed by atoms with Gasteiger partial charge in [0.25, 0.3) is 5.91 Å². The zero-order valence-corrected chi connectivity index (χ0v) is 22.5. The summed E-state index contributed by atoms with van der Waals surface area (Å²) < 4.78 is 18.5. The number of aromatic nitrogens is 5. The number of amides is 1. The van der Waals surface area contributed by atoms with Crippen molar-refractivity contribution in [1.82, 2.24) is 30.7 Å².